The number of hydrogen-bond donors (Lipinski definition) is 0. The van der Waals surface area contributed by atoms with Crippen molar-refractivity contribution in [3.05, 3.63) is 24.4 Å². The highest BCUT2D eigenvalue weighted by atomic mass is 19.1. The van der Waals surface area contributed by atoms with Crippen LogP contribution in [0.5, 0.6) is 0 Å². The quantitative estimate of drug-likeness (QED) is 0.505. The van der Waals surface area contributed by atoms with Crippen LogP contribution in [0.15, 0.2) is 18.5 Å². The van der Waals surface area contributed by atoms with Gasteiger partial charge in [-0.15, -0.1) is 0 Å². The fraction of sp³-hybridized carbons (Fsp3) is 0.750. The highest BCUT2D eigenvalue weighted by Crippen LogP contribution is 2.67. The van der Waals surface area contributed by atoms with Gasteiger partial charge in [-0.1, -0.05) is 27.2 Å². The SMILES string of the molecule is CC1CCC2(C)C(CCC3C2CCC2(C)C(C(=O)Cn4ncc5cc(F)ncc54)CCC32)C1. The molecule has 0 N–H and O–H groups in total. The van der Waals surface area contributed by atoms with Crippen molar-refractivity contribution in [2.45, 2.75) is 85.1 Å². The molecule has 4 aliphatic carbocycles. The van der Waals surface area contributed by atoms with E-state index in [1.54, 1.807) is 10.9 Å². The number of nitrogens with zero attached hydrogens (tertiary/aromatic N) is 3. The van der Waals surface area contributed by atoms with Crippen molar-refractivity contribution in [2.75, 3.05) is 0 Å². The lowest BCUT2D eigenvalue weighted by molar-refractivity contribution is -0.137. The molecule has 2 heterocycles. The van der Waals surface area contributed by atoms with Crippen LogP contribution in [0, 0.1) is 52.3 Å². The van der Waals surface area contributed by atoms with E-state index in [9.17, 15) is 9.18 Å². The molecule has 4 fully saturated rings. The second kappa shape index (κ2) is 7.61. The Morgan fingerprint density at radius 3 is 2.70 bits per heavy atom. The Hall–Kier alpha value is -1.78. The highest BCUT2D eigenvalue weighted by Gasteiger charge is 2.60. The van der Waals surface area contributed by atoms with E-state index in [4.69, 9.17) is 0 Å². The van der Waals surface area contributed by atoms with Gasteiger partial charge in [0.1, 0.15) is 6.54 Å². The molecule has 4 aliphatic rings. The monoisotopic (exact) mass is 451 g/mol. The molecule has 0 amide bonds. The largest absolute Gasteiger partial charge is 0.297 e. The van der Waals surface area contributed by atoms with E-state index in [0.29, 0.717) is 22.5 Å². The van der Waals surface area contributed by atoms with Gasteiger partial charge in [-0.25, -0.2) is 4.98 Å². The van der Waals surface area contributed by atoms with Gasteiger partial charge in [0.15, 0.2) is 5.78 Å². The van der Waals surface area contributed by atoms with Crippen LogP contribution in [0.2, 0.25) is 0 Å². The summed E-state index contributed by atoms with van der Waals surface area (Å²) in [6.45, 7) is 7.78. The molecule has 2 aromatic rings. The third-order valence-electron chi connectivity index (χ3n) is 11.1. The van der Waals surface area contributed by atoms with Crippen LogP contribution in [0.1, 0.15) is 78.6 Å². The Labute approximate surface area is 196 Å². The zero-order valence-corrected chi connectivity index (χ0v) is 20.4. The van der Waals surface area contributed by atoms with Crippen molar-refractivity contribution in [1.82, 2.24) is 14.8 Å². The molecule has 0 saturated heterocycles. The van der Waals surface area contributed by atoms with E-state index in [1.165, 1.54) is 63.6 Å². The number of rotatable bonds is 3. The lowest BCUT2D eigenvalue weighted by Gasteiger charge is -2.61. The number of hydrogen-bond acceptors (Lipinski definition) is 3. The number of halogens is 1. The first-order valence-electron chi connectivity index (χ1n) is 13.3. The first-order valence-corrected chi connectivity index (χ1v) is 13.3. The van der Waals surface area contributed by atoms with Gasteiger partial charge in [0, 0.05) is 17.4 Å². The molecular formula is C28H38FN3O. The third-order valence-corrected chi connectivity index (χ3v) is 11.1. The molecule has 4 nitrogen and oxygen atoms in total. The number of carbonyl (C=O) groups excluding carboxylic acids is 1. The van der Waals surface area contributed by atoms with Crippen LogP contribution in [-0.2, 0) is 11.3 Å². The fourth-order valence-corrected chi connectivity index (χ4v) is 9.34. The van der Waals surface area contributed by atoms with Crippen LogP contribution in [0.3, 0.4) is 0 Å². The Bertz CT molecular complexity index is 1080. The van der Waals surface area contributed by atoms with E-state index in [1.807, 2.05) is 0 Å². The van der Waals surface area contributed by atoms with Crippen LogP contribution >= 0.6 is 0 Å². The Balaban J connectivity index is 1.22. The molecular weight excluding hydrogens is 413 g/mol. The predicted molar refractivity (Wildman–Crippen MR) is 127 cm³/mol. The molecule has 8 unspecified atom stereocenters. The average Bonchev–Trinajstić information content (AvgIpc) is 3.34. The molecule has 0 bridgehead atoms. The molecule has 5 heteroatoms. The molecule has 4 saturated carbocycles. The Morgan fingerprint density at radius 2 is 1.85 bits per heavy atom. The van der Waals surface area contributed by atoms with Gasteiger partial charge in [-0.3, -0.25) is 9.48 Å². The topological polar surface area (TPSA) is 47.8 Å². The summed E-state index contributed by atoms with van der Waals surface area (Å²) in [6.07, 6.45) is 14.9. The van der Waals surface area contributed by atoms with Crippen molar-refractivity contribution in [2.24, 2.45) is 46.3 Å². The van der Waals surface area contributed by atoms with Gasteiger partial charge in [0.05, 0.1) is 17.9 Å². The van der Waals surface area contributed by atoms with E-state index >= 15 is 0 Å². The summed E-state index contributed by atoms with van der Waals surface area (Å²) in [4.78, 5) is 17.4. The Morgan fingerprint density at radius 1 is 1.06 bits per heavy atom. The van der Waals surface area contributed by atoms with Crippen LogP contribution in [0.25, 0.3) is 10.9 Å². The van der Waals surface area contributed by atoms with Crippen molar-refractivity contribution in [3.63, 3.8) is 0 Å². The molecule has 0 aromatic carbocycles. The molecule has 2 aromatic heterocycles. The maximum absolute atomic E-state index is 13.6. The standard InChI is InChI=1S/C28H38FN3O/c1-17-8-10-27(2)19(12-17)4-5-20-21-6-7-23(28(21,3)11-9-22(20)27)25(33)16-32-24-15-30-26(29)13-18(24)14-31-32/h13-15,17,19-23H,4-12,16H2,1-3H3. The van der Waals surface area contributed by atoms with Crippen molar-refractivity contribution in [3.8, 4) is 0 Å². The molecule has 0 aliphatic heterocycles. The Kier molecular flexibility index (Phi) is 5.01. The predicted octanol–water partition coefficient (Wildman–Crippen LogP) is 6.43. The van der Waals surface area contributed by atoms with E-state index in [2.05, 4.69) is 30.9 Å². The minimum Gasteiger partial charge on any atom is -0.297 e. The summed E-state index contributed by atoms with van der Waals surface area (Å²) in [7, 11) is 0. The van der Waals surface area contributed by atoms with Gasteiger partial charge in [0.2, 0.25) is 5.95 Å². The summed E-state index contributed by atoms with van der Waals surface area (Å²) in [5.41, 5.74) is 1.39. The fourth-order valence-electron chi connectivity index (χ4n) is 9.34. The number of Topliss-reactive ketones (excluding diaryl/α,β-unsaturated/α-hetero) is 1. The second-order valence-electron chi connectivity index (χ2n) is 12.5. The first kappa shape index (κ1) is 21.7. The maximum atomic E-state index is 13.6. The summed E-state index contributed by atoms with van der Waals surface area (Å²) in [5, 5.41) is 5.10. The normalized spacial score (nSPS) is 42.5. The summed E-state index contributed by atoms with van der Waals surface area (Å²) in [6, 6.07) is 1.39. The van der Waals surface area contributed by atoms with Gasteiger partial charge >= 0.3 is 0 Å². The second-order valence-corrected chi connectivity index (χ2v) is 12.5. The van der Waals surface area contributed by atoms with Crippen LogP contribution in [0.4, 0.5) is 4.39 Å². The molecule has 0 spiro atoms. The van der Waals surface area contributed by atoms with Crippen molar-refractivity contribution in [1.29, 1.82) is 0 Å². The van der Waals surface area contributed by atoms with Gasteiger partial charge in [-0.05, 0) is 91.8 Å². The van der Waals surface area contributed by atoms with E-state index in [0.717, 1.165) is 35.6 Å². The van der Waals surface area contributed by atoms with Gasteiger partial charge in [0.25, 0.3) is 0 Å². The lowest BCUT2D eigenvalue weighted by atomic mass is 9.44. The molecule has 178 valence electrons. The molecule has 8 atom stereocenters. The van der Waals surface area contributed by atoms with Crippen molar-refractivity contribution < 1.29 is 9.18 Å². The maximum Gasteiger partial charge on any atom is 0.213 e. The van der Waals surface area contributed by atoms with Gasteiger partial charge in [-0.2, -0.15) is 9.49 Å². The van der Waals surface area contributed by atoms with Crippen LogP contribution < -0.4 is 0 Å². The first-order chi connectivity index (χ1) is 15.8. The number of carbonyl (C=O) groups is 1. The zero-order chi connectivity index (χ0) is 23.0. The number of ketones is 1. The summed E-state index contributed by atoms with van der Waals surface area (Å²) >= 11 is 0. The average molecular weight is 452 g/mol. The number of aromatic nitrogens is 3. The zero-order valence-electron chi connectivity index (χ0n) is 20.4. The van der Waals surface area contributed by atoms with E-state index < -0.39 is 5.95 Å². The molecule has 0 radical (unpaired) electrons. The molecule has 33 heavy (non-hydrogen) atoms. The smallest absolute Gasteiger partial charge is 0.213 e. The number of fused-ring (bicyclic) bond motifs is 6. The summed E-state index contributed by atoms with van der Waals surface area (Å²) < 4.78 is 15.2. The molecule has 6 rings (SSSR count). The third kappa shape index (κ3) is 3.24. The van der Waals surface area contributed by atoms with E-state index in [-0.39, 0.29) is 17.9 Å². The highest BCUT2D eigenvalue weighted by molar-refractivity contribution is 5.84. The van der Waals surface area contributed by atoms with Crippen LogP contribution in [-0.4, -0.2) is 20.5 Å². The lowest BCUT2D eigenvalue weighted by Crippen LogP contribution is -2.53. The summed E-state index contributed by atoms with van der Waals surface area (Å²) in [5.74, 6) is 4.07. The minimum absolute atomic E-state index is 0.119. The minimum atomic E-state index is -0.507. The number of pyridine rings is 1. The van der Waals surface area contributed by atoms with Crippen molar-refractivity contribution >= 4 is 16.7 Å². The van der Waals surface area contributed by atoms with Gasteiger partial charge < -0.3 is 0 Å².